The number of nitrogens with zero attached hydrogens (tertiary/aromatic N) is 4. The molecular formula is C14H13N5O. The number of nitrogen functional groups attached to an aromatic ring is 1. The summed E-state index contributed by atoms with van der Waals surface area (Å²) in [7, 11) is 0. The molecule has 2 N–H and O–H groups in total. The molecule has 0 bridgehead atoms. The number of benzene rings is 1. The molecule has 0 aliphatic rings. The Balaban J connectivity index is 1.91. The van der Waals surface area contributed by atoms with E-state index in [0.717, 1.165) is 21.1 Å². The number of rotatable bonds is 2. The molecule has 20 heavy (non-hydrogen) atoms. The Bertz CT molecular complexity index is 793. The van der Waals surface area contributed by atoms with Crippen LogP contribution in [0.5, 0.6) is 0 Å². The van der Waals surface area contributed by atoms with Crippen molar-refractivity contribution in [1.29, 1.82) is 0 Å². The second-order valence-electron chi connectivity index (χ2n) is 4.57. The lowest BCUT2D eigenvalue weighted by Crippen LogP contribution is -2.15. The Morgan fingerprint density at radius 2 is 2.15 bits per heavy atom. The number of carbonyl (C=O) groups excluding carboxylic acids is 1. The van der Waals surface area contributed by atoms with E-state index >= 15 is 0 Å². The van der Waals surface area contributed by atoms with E-state index in [1.54, 1.807) is 0 Å². The minimum atomic E-state index is -0.213. The summed E-state index contributed by atoms with van der Waals surface area (Å²) in [6, 6.07) is 9.80. The van der Waals surface area contributed by atoms with E-state index in [9.17, 15) is 4.79 Å². The van der Waals surface area contributed by atoms with E-state index in [1.807, 2.05) is 37.3 Å². The van der Waals surface area contributed by atoms with Gasteiger partial charge in [0.25, 0.3) is 5.91 Å². The van der Waals surface area contributed by atoms with Gasteiger partial charge in [-0.2, -0.15) is 4.68 Å². The van der Waals surface area contributed by atoms with Crippen LogP contribution in [0, 0.1) is 6.92 Å². The van der Waals surface area contributed by atoms with Crippen molar-refractivity contribution in [2.75, 3.05) is 5.73 Å². The zero-order valence-electron chi connectivity index (χ0n) is 10.9. The molecule has 0 saturated carbocycles. The molecule has 1 aromatic carbocycles. The highest BCUT2D eigenvalue weighted by Crippen LogP contribution is 2.16. The summed E-state index contributed by atoms with van der Waals surface area (Å²) in [5, 5.41) is 4.85. The van der Waals surface area contributed by atoms with Crippen molar-refractivity contribution >= 4 is 22.8 Å². The second-order valence-corrected chi connectivity index (χ2v) is 4.57. The predicted octanol–water partition coefficient (Wildman–Crippen LogP) is 1.60. The molecule has 2 heterocycles. The van der Waals surface area contributed by atoms with E-state index in [4.69, 9.17) is 5.73 Å². The molecule has 0 radical (unpaired) electrons. The third-order valence-electron chi connectivity index (χ3n) is 3.08. The number of anilines is 1. The second kappa shape index (κ2) is 4.73. The SMILES string of the molecule is Cc1cccc2ccc(CC(=O)n3cnc(N)n3)nc12. The van der Waals surface area contributed by atoms with Crippen molar-refractivity contribution in [2.45, 2.75) is 13.3 Å². The van der Waals surface area contributed by atoms with Gasteiger partial charge in [0, 0.05) is 5.39 Å². The lowest BCUT2D eigenvalue weighted by atomic mass is 10.1. The smallest absolute Gasteiger partial charge is 0.254 e. The number of fused-ring (bicyclic) bond motifs is 1. The summed E-state index contributed by atoms with van der Waals surface area (Å²) in [5.74, 6) is -0.129. The van der Waals surface area contributed by atoms with Crippen LogP contribution in [0.25, 0.3) is 10.9 Å². The minimum Gasteiger partial charge on any atom is -0.366 e. The van der Waals surface area contributed by atoms with Gasteiger partial charge in [0.05, 0.1) is 17.6 Å². The van der Waals surface area contributed by atoms with Crippen molar-refractivity contribution in [3.05, 3.63) is 47.9 Å². The van der Waals surface area contributed by atoms with Gasteiger partial charge in [-0.1, -0.05) is 24.3 Å². The Morgan fingerprint density at radius 3 is 2.90 bits per heavy atom. The summed E-state index contributed by atoms with van der Waals surface area (Å²) >= 11 is 0. The van der Waals surface area contributed by atoms with Crippen LogP contribution in [-0.4, -0.2) is 25.7 Å². The zero-order valence-corrected chi connectivity index (χ0v) is 10.9. The van der Waals surface area contributed by atoms with Crippen molar-refractivity contribution < 1.29 is 4.79 Å². The predicted molar refractivity (Wildman–Crippen MR) is 75.2 cm³/mol. The fourth-order valence-corrected chi connectivity index (χ4v) is 2.07. The van der Waals surface area contributed by atoms with Crippen LogP contribution in [0.4, 0.5) is 5.95 Å². The molecule has 6 heteroatoms. The first-order valence-electron chi connectivity index (χ1n) is 6.19. The zero-order chi connectivity index (χ0) is 14.1. The van der Waals surface area contributed by atoms with Crippen molar-refractivity contribution in [3.8, 4) is 0 Å². The van der Waals surface area contributed by atoms with Crippen molar-refractivity contribution in [2.24, 2.45) is 0 Å². The van der Waals surface area contributed by atoms with Crippen LogP contribution in [-0.2, 0) is 6.42 Å². The van der Waals surface area contributed by atoms with Gasteiger partial charge in [-0.3, -0.25) is 9.78 Å². The first kappa shape index (κ1) is 12.3. The van der Waals surface area contributed by atoms with Gasteiger partial charge in [0.15, 0.2) is 0 Å². The highest BCUT2D eigenvalue weighted by molar-refractivity contribution is 5.84. The molecule has 0 unspecified atom stereocenters. The Morgan fingerprint density at radius 1 is 1.30 bits per heavy atom. The molecule has 0 spiro atoms. The number of nitrogens with two attached hydrogens (primary N) is 1. The lowest BCUT2D eigenvalue weighted by molar-refractivity contribution is 0.0897. The highest BCUT2D eigenvalue weighted by Gasteiger charge is 2.10. The maximum absolute atomic E-state index is 12.0. The number of hydrogen-bond acceptors (Lipinski definition) is 5. The first-order chi connectivity index (χ1) is 9.63. The molecule has 0 saturated heterocycles. The van der Waals surface area contributed by atoms with Crippen LogP contribution in [0.3, 0.4) is 0 Å². The maximum atomic E-state index is 12.0. The summed E-state index contributed by atoms with van der Waals surface area (Å²) < 4.78 is 1.14. The van der Waals surface area contributed by atoms with E-state index in [0.29, 0.717) is 5.69 Å². The van der Waals surface area contributed by atoms with Gasteiger partial charge in [0.1, 0.15) is 6.33 Å². The number of para-hydroxylation sites is 1. The molecule has 0 aliphatic carbocycles. The largest absolute Gasteiger partial charge is 0.366 e. The third-order valence-corrected chi connectivity index (χ3v) is 3.08. The first-order valence-corrected chi connectivity index (χ1v) is 6.19. The van der Waals surface area contributed by atoms with Crippen LogP contribution in [0.1, 0.15) is 16.1 Å². The molecule has 3 aromatic rings. The molecular weight excluding hydrogens is 254 g/mol. The van der Waals surface area contributed by atoms with E-state index < -0.39 is 0 Å². The van der Waals surface area contributed by atoms with Crippen LogP contribution >= 0.6 is 0 Å². The van der Waals surface area contributed by atoms with Gasteiger partial charge >= 0.3 is 0 Å². The summed E-state index contributed by atoms with van der Waals surface area (Å²) in [4.78, 5) is 20.3. The Kier molecular flexibility index (Phi) is 2.90. The summed E-state index contributed by atoms with van der Waals surface area (Å²) in [6.45, 7) is 2.00. The maximum Gasteiger partial charge on any atom is 0.254 e. The summed E-state index contributed by atoms with van der Waals surface area (Å²) in [5.41, 5.74) is 8.09. The number of pyridine rings is 1. The molecule has 0 atom stereocenters. The lowest BCUT2D eigenvalue weighted by Gasteiger charge is -2.04. The van der Waals surface area contributed by atoms with Gasteiger partial charge < -0.3 is 5.73 Å². The molecule has 0 aliphatic heterocycles. The van der Waals surface area contributed by atoms with Crippen LogP contribution in [0.15, 0.2) is 36.7 Å². The standard InChI is InChI=1S/C14H13N5O/c1-9-3-2-4-10-5-6-11(17-13(9)10)7-12(20)19-8-16-14(15)18-19/h2-6,8H,7H2,1H3,(H2,15,18). The van der Waals surface area contributed by atoms with Gasteiger partial charge in [0.2, 0.25) is 5.95 Å². The number of aromatic nitrogens is 4. The highest BCUT2D eigenvalue weighted by atomic mass is 16.2. The molecule has 3 rings (SSSR count). The monoisotopic (exact) mass is 267 g/mol. The minimum absolute atomic E-state index is 0.0839. The molecule has 100 valence electrons. The summed E-state index contributed by atoms with van der Waals surface area (Å²) in [6.07, 6.45) is 1.47. The average Bonchev–Trinajstić information content (AvgIpc) is 2.86. The van der Waals surface area contributed by atoms with E-state index in [1.165, 1.54) is 6.33 Å². The topological polar surface area (TPSA) is 86.7 Å². The normalized spacial score (nSPS) is 10.8. The molecule has 0 fully saturated rings. The van der Waals surface area contributed by atoms with Crippen LogP contribution < -0.4 is 5.73 Å². The van der Waals surface area contributed by atoms with Crippen molar-refractivity contribution in [1.82, 2.24) is 19.7 Å². The fraction of sp³-hybridized carbons (Fsp3) is 0.143. The third kappa shape index (κ3) is 2.23. The average molecular weight is 267 g/mol. The Labute approximate surface area is 115 Å². The fourth-order valence-electron chi connectivity index (χ4n) is 2.07. The quantitative estimate of drug-likeness (QED) is 0.762. The Hall–Kier alpha value is -2.76. The molecule has 6 nitrogen and oxygen atoms in total. The van der Waals surface area contributed by atoms with Crippen molar-refractivity contribution in [3.63, 3.8) is 0 Å². The van der Waals surface area contributed by atoms with Gasteiger partial charge in [-0.15, -0.1) is 5.10 Å². The van der Waals surface area contributed by atoms with E-state index in [2.05, 4.69) is 15.1 Å². The molecule has 0 amide bonds. The molecule has 2 aromatic heterocycles. The number of aryl methyl sites for hydroxylation is 1. The van der Waals surface area contributed by atoms with E-state index in [-0.39, 0.29) is 18.3 Å². The number of hydrogen-bond donors (Lipinski definition) is 1. The number of carbonyl (C=O) groups is 1. The van der Waals surface area contributed by atoms with Gasteiger partial charge in [-0.05, 0) is 18.6 Å². The van der Waals surface area contributed by atoms with Crippen LogP contribution in [0.2, 0.25) is 0 Å². The van der Waals surface area contributed by atoms with Gasteiger partial charge in [-0.25, -0.2) is 4.98 Å².